The summed E-state index contributed by atoms with van der Waals surface area (Å²) in [4.78, 5) is 0. The van der Waals surface area contributed by atoms with Crippen LogP contribution >= 0.6 is 0 Å². The van der Waals surface area contributed by atoms with Crippen molar-refractivity contribution in [1.82, 2.24) is 15.1 Å². The SMILES string of the molecule is Cc1nn(C)c(C)c1CNC(C)c1ccc(C(C)C)cc1. The second kappa shape index (κ2) is 6.44. The molecule has 0 fully saturated rings. The zero-order valence-corrected chi connectivity index (χ0v) is 14.1. The summed E-state index contributed by atoms with van der Waals surface area (Å²) in [7, 11) is 2.00. The minimum atomic E-state index is 0.338. The van der Waals surface area contributed by atoms with E-state index >= 15 is 0 Å². The van der Waals surface area contributed by atoms with Crippen molar-refractivity contribution in [3.8, 4) is 0 Å². The highest BCUT2D eigenvalue weighted by Crippen LogP contribution is 2.19. The summed E-state index contributed by atoms with van der Waals surface area (Å²) in [5.41, 5.74) is 6.39. The van der Waals surface area contributed by atoms with Crippen LogP contribution in [0.1, 0.15) is 60.8 Å². The lowest BCUT2D eigenvalue weighted by atomic mass is 9.99. The Balaban J connectivity index is 2.03. The fraction of sp³-hybridized carbons (Fsp3) is 0.500. The summed E-state index contributed by atoms with van der Waals surface area (Å²) in [6.45, 7) is 11.7. The van der Waals surface area contributed by atoms with Gasteiger partial charge >= 0.3 is 0 Å². The molecule has 3 nitrogen and oxygen atoms in total. The highest BCUT2D eigenvalue weighted by atomic mass is 15.3. The number of hydrogen-bond acceptors (Lipinski definition) is 2. The van der Waals surface area contributed by atoms with Crippen molar-refractivity contribution in [2.45, 2.75) is 53.1 Å². The molecule has 0 saturated heterocycles. The molecular weight excluding hydrogens is 258 g/mol. The third-order valence-corrected chi connectivity index (χ3v) is 4.35. The van der Waals surface area contributed by atoms with Crippen LogP contribution in [0.25, 0.3) is 0 Å². The Bertz CT molecular complexity index is 594. The first kappa shape index (κ1) is 15.8. The van der Waals surface area contributed by atoms with Gasteiger partial charge in [0.1, 0.15) is 0 Å². The smallest absolute Gasteiger partial charge is 0.0641 e. The Morgan fingerprint density at radius 3 is 2.10 bits per heavy atom. The van der Waals surface area contributed by atoms with Gasteiger partial charge in [-0.05, 0) is 37.8 Å². The normalized spacial score (nSPS) is 12.9. The number of aromatic nitrogens is 2. The Kier molecular flexibility index (Phi) is 4.84. The van der Waals surface area contributed by atoms with E-state index in [0.717, 1.165) is 12.2 Å². The van der Waals surface area contributed by atoms with Crippen molar-refractivity contribution < 1.29 is 0 Å². The zero-order chi connectivity index (χ0) is 15.6. The fourth-order valence-corrected chi connectivity index (χ4v) is 2.62. The molecule has 0 bridgehead atoms. The van der Waals surface area contributed by atoms with Crippen molar-refractivity contribution in [3.63, 3.8) is 0 Å². The van der Waals surface area contributed by atoms with Crippen LogP contribution < -0.4 is 5.32 Å². The van der Waals surface area contributed by atoms with Gasteiger partial charge in [0.2, 0.25) is 0 Å². The van der Waals surface area contributed by atoms with E-state index in [1.54, 1.807) is 0 Å². The lowest BCUT2D eigenvalue weighted by Crippen LogP contribution is -2.19. The van der Waals surface area contributed by atoms with Crippen molar-refractivity contribution in [2.24, 2.45) is 7.05 Å². The maximum Gasteiger partial charge on any atom is 0.0641 e. The monoisotopic (exact) mass is 285 g/mol. The Hall–Kier alpha value is -1.61. The van der Waals surface area contributed by atoms with Crippen LogP contribution in [0.4, 0.5) is 0 Å². The lowest BCUT2D eigenvalue weighted by molar-refractivity contribution is 0.571. The number of rotatable bonds is 5. The van der Waals surface area contributed by atoms with E-state index in [1.165, 1.54) is 22.4 Å². The average molecular weight is 285 g/mol. The third-order valence-electron chi connectivity index (χ3n) is 4.35. The van der Waals surface area contributed by atoms with Crippen molar-refractivity contribution in [3.05, 3.63) is 52.3 Å². The van der Waals surface area contributed by atoms with Gasteiger partial charge in [-0.1, -0.05) is 38.1 Å². The van der Waals surface area contributed by atoms with Gasteiger partial charge in [0.25, 0.3) is 0 Å². The lowest BCUT2D eigenvalue weighted by Gasteiger charge is -2.16. The first-order valence-corrected chi connectivity index (χ1v) is 7.72. The van der Waals surface area contributed by atoms with E-state index in [4.69, 9.17) is 0 Å². The Labute approximate surface area is 128 Å². The summed E-state index contributed by atoms with van der Waals surface area (Å²) in [5.74, 6) is 0.586. The van der Waals surface area contributed by atoms with Gasteiger partial charge in [-0.25, -0.2) is 0 Å². The molecule has 2 aromatic rings. The molecule has 3 heteroatoms. The minimum absolute atomic E-state index is 0.338. The number of nitrogens with zero attached hydrogens (tertiary/aromatic N) is 2. The van der Waals surface area contributed by atoms with Gasteiger partial charge in [0.15, 0.2) is 0 Å². The number of hydrogen-bond donors (Lipinski definition) is 1. The van der Waals surface area contributed by atoms with Crippen LogP contribution in [0.2, 0.25) is 0 Å². The molecule has 1 heterocycles. The molecule has 0 amide bonds. The quantitative estimate of drug-likeness (QED) is 0.899. The largest absolute Gasteiger partial charge is 0.306 e. The average Bonchev–Trinajstić information content (AvgIpc) is 2.70. The second-order valence-electron chi connectivity index (χ2n) is 6.20. The summed E-state index contributed by atoms with van der Waals surface area (Å²) < 4.78 is 1.95. The van der Waals surface area contributed by atoms with E-state index in [0.29, 0.717) is 12.0 Å². The number of nitrogens with one attached hydrogen (secondary N) is 1. The number of benzene rings is 1. The molecule has 0 saturated carbocycles. The summed E-state index contributed by atoms with van der Waals surface area (Å²) in [6, 6.07) is 9.27. The molecule has 114 valence electrons. The van der Waals surface area contributed by atoms with Gasteiger partial charge < -0.3 is 5.32 Å². The summed E-state index contributed by atoms with van der Waals surface area (Å²) in [5, 5.41) is 8.07. The van der Waals surface area contributed by atoms with E-state index in [-0.39, 0.29) is 0 Å². The molecule has 0 radical (unpaired) electrons. The van der Waals surface area contributed by atoms with Crippen molar-refractivity contribution in [2.75, 3.05) is 0 Å². The molecule has 0 spiro atoms. The molecule has 1 aromatic heterocycles. The molecule has 21 heavy (non-hydrogen) atoms. The van der Waals surface area contributed by atoms with Gasteiger partial charge in [0, 0.05) is 30.9 Å². The highest BCUT2D eigenvalue weighted by molar-refractivity contribution is 5.28. The number of aryl methyl sites for hydroxylation is 2. The maximum atomic E-state index is 4.47. The van der Waals surface area contributed by atoms with Crippen LogP contribution in [0, 0.1) is 13.8 Å². The first-order chi connectivity index (χ1) is 9.90. The van der Waals surface area contributed by atoms with Crippen molar-refractivity contribution in [1.29, 1.82) is 0 Å². The first-order valence-electron chi connectivity index (χ1n) is 7.72. The van der Waals surface area contributed by atoms with E-state index in [9.17, 15) is 0 Å². The van der Waals surface area contributed by atoms with Gasteiger partial charge in [0.05, 0.1) is 5.69 Å². The molecule has 1 aromatic carbocycles. The molecule has 1 N–H and O–H groups in total. The third kappa shape index (κ3) is 3.53. The standard InChI is InChI=1S/C18H27N3/c1-12(2)16-7-9-17(10-8-16)13(3)19-11-18-14(4)20-21(6)15(18)5/h7-10,12-13,19H,11H2,1-6H3. The molecular formula is C18H27N3. The Morgan fingerprint density at radius 1 is 1.05 bits per heavy atom. The summed E-state index contributed by atoms with van der Waals surface area (Å²) in [6.07, 6.45) is 0. The van der Waals surface area contributed by atoms with Crippen LogP contribution in [0.5, 0.6) is 0 Å². The predicted molar refractivity (Wildman–Crippen MR) is 88.5 cm³/mol. The predicted octanol–water partition coefficient (Wildman–Crippen LogP) is 4.01. The van der Waals surface area contributed by atoms with Gasteiger partial charge in [-0.15, -0.1) is 0 Å². The molecule has 0 aliphatic rings. The molecule has 0 aliphatic heterocycles. The maximum absolute atomic E-state index is 4.47. The fourth-order valence-electron chi connectivity index (χ4n) is 2.62. The molecule has 2 rings (SSSR count). The zero-order valence-electron chi connectivity index (χ0n) is 14.1. The van der Waals surface area contributed by atoms with Crippen LogP contribution in [0.3, 0.4) is 0 Å². The van der Waals surface area contributed by atoms with Crippen LogP contribution in [-0.4, -0.2) is 9.78 Å². The second-order valence-corrected chi connectivity index (χ2v) is 6.20. The Morgan fingerprint density at radius 2 is 1.62 bits per heavy atom. The highest BCUT2D eigenvalue weighted by Gasteiger charge is 2.11. The minimum Gasteiger partial charge on any atom is -0.306 e. The van der Waals surface area contributed by atoms with Crippen LogP contribution in [0.15, 0.2) is 24.3 Å². The molecule has 1 atom stereocenters. The van der Waals surface area contributed by atoms with Crippen molar-refractivity contribution >= 4 is 0 Å². The molecule has 1 unspecified atom stereocenters. The topological polar surface area (TPSA) is 29.9 Å². The van der Waals surface area contributed by atoms with E-state index in [1.807, 2.05) is 11.7 Å². The van der Waals surface area contributed by atoms with Gasteiger partial charge in [-0.3, -0.25) is 4.68 Å². The molecule has 0 aliphatic carbocycles. The van der Waals surface area contributed by atoms with Crippen LogP contribution in [-0.2, 0) is 13.6 Å². The van der Waals surface area contributed by atoms with Gasteiger partial charge in [-0.2, -0.15) is 5.10 Å². The van der Waals surface area contributed by atoms with E-state index in [2.05, 4.69) is 69.3 Å². The summed E-state index contributed by atoms with van der Waals surface area (Å²) >= 11 is 0. The van der Waals surface area contributed by atoms with E-state index < -0.39 is 0 Å².